The minimum atomic E-state index is 0.356. The van der Waals surface area contributed by atoms with Crippen molar-refractivity contribution in [2.75, 3.05) is 31.1 Å². The van der Waals surface area contributed by atoms with Crippen molar-refractivity contribution in [2.45, 2.75) is 51.6 Å². The van der Waals surface area contributed by atoms with E-state index in [4.69, 9.17) is 0 Å². The molecule has 106 valence electrons. The van der Waals surface area contributed by atoms with Gasteiger partial charge in [-0.15, -0.1) is 6.58 Å². The topological polar surface area (TPSA) is 15.3 Å². The molecule has 2 nitrogen and oxygen atoms in total. The van der Waals surface area contributed by atoms with E-state index in [-0.39, 0.29) is 0 Å². The molecule has 0 aromatic carbocycles. The molecule has 18 heavy (non-hydrogen) atoms. The Morgan fingerprint density at radius 1 is 1.39 bits per heavy atom. The van der Waals surface area contributed by atoms with Crippen molar-refractivity contribution in [1.82, 2.24) is 10.2 Å². The Morgan fingerprint density at radius 3 is 2.67 bits per heavy atom. The SMILES string of the molecule is C=CCSCCN1CC(CC)(CC)NCC1CC. The minimum Gasteiger partial charge on any atom is -0.308 e. The number of nitrogens with one attached hydrogen (secondary N) is 1. The van der Waals surface area contributed by atoms with Crippen LogP contribution >= 0.6 is 11.8 Å². The fourth-order valence-electron chi connectivity index (χ4n) is 2.77. The van der Waals surface area contributed by atoms with E-state index in [1.54, 1.807) is 0 Å². The molecule has 1 aliphatic rings. The summed E-state index contributed by atoms with van der Waals surface area (Å²) in [7, 11) is 0. The first-order valence-electron chi connectivity index (χ1n) is 7.39. The van der Waals surface area contributed by atoms with Gasteiger partial charge < -0.3 is 5.32 Å². The summed E-state index contributed by atoms with van der Waals surface area (Å²) in [6, 6.07) is 0.723. The van der Waals surface area contributed by atoms with Crippen LogP contribution in [0.3, 0.4) is 0 Å². The van der Waals surface area contributed by atoms with E-state index in [9.17, 15) is 0 Å². The molecule has 1 fully saturated rings. The summed E-state index contributed by atoms with van der Waals surface area (Å²) in [5, 5.41) is 3.80. The molecule has 0 radical (unpaired) electrons. The van der Waals surface area contributed by atoms with Gasteiger partial charge in [0.25, 0.3) is 0 Å². The molecule has 1 aliphatic heterocycles. The maximum atomic E-state index is 3.80. The first-order chi connectivity index (χ1) is 8.71. The number of hydrogen-bond acceptors (Lipinski definition) is 3. The molecule has 0 bridgehead atoms. The van der Waals surface area contributed by atoms with Gasteiger partial charge in [-0.1, -0.05) is 26.8 Å². The Labute approximate surface area is 118 Å². The second-order valence-electron chi connectivity index (χ2n) is 5.26. The third kappa shape index (κ3) is 4.29. The van der Waals surface area contributed by atoms with Gasteiger partial charge in [-0.3, -0.25) is 4.90 Å². The van der Waals surface area contributed by atoms with Crippen LogP contribution in [-0.4, -0.2) is 47.6 Å². The normalized spacial score (nSPS) is 24.1. The molecular formula is C15H30N2S. The molecule has 1 N–H and O–H groups in total. The fourth-order valence-corrected chi connectivity index (χ4v) is 3.47. The number of hydrogen-bond donors (Lipinski definition) is 1. The average molecular weight is 270 g/mol. The largest absolute Gasteiger partial charge is 0.308 e. The van der Waals surface area contributed by atoms with Crippen LogP contribution in [0.25, 0.3) is 0 Å². The predicted molar refractivity (Wildman–Crippen MR) is 84.5 cm³/mol. The van der Waals surface area contributed by atoms with E-state index in [1.807, 2.05) is 17.8 Å². The Hall–Kier alpha value is 0.01000. The van der Waals surface area contributed by atoms with Gasteiger partial charge in [0, 0.05) is 42.7 Å². The van der Waals surface area contributed by atoms with Gasteiger partial charge in [-0.05, 0) is 19.3 Å². The lowest BCUT2D eigenvalue weighted by Crippen LogP contribution is -2.63. The van der Waals surface area contributed by atoms with E-state index in [2.05, 4.69) is 37.6 Å². The van der Waals surface area contributed by atoms with Crippen molar-refractivity contribution >= 4 is 11.8 Å². The summed E-state index contributed by atoms with van der Waals surface area (Å²) in [5.41, 5.74) is 0.356. The molecule has 0 aliphatic carbocycles. The summed E-state index contributed by atoms with van der Waals surface area (Å²) in [6.45, 7) is 14.3. The lowest BCUT2D eigenvalue weighted by molar-refractivity contribution is 0.0764. The quantitative estimate of drug-likeness (QED) is 0.539. The van der Waals surface area contributed by atoms with Crippen LogP contribution in [0.5, 0.6) is 0 Å². The van der Waals surface area contributed by atoms with Gasteiger partial charge >= 0.3 is 0 Å². The standard InChI is InChI=1S/C15H30N2S/c1-5-10-18-11-9-17-13-15(7-3,8-4)16-12-14(17)6-2/h5,14,16H,1,6-13H2,2-4H3. The minimum absolute atomic E-state index is 0.356. The highest BCUT2D eigenvalue weighted by molar-refractivity contribution is 7.99. The Morgan fingerprint density at radius 2 is 2.11 bits per heavy atom. The second kappa shape index (κ2) is 8.23. The molecule has 0 saturated carbocycles. The highest BCUT2D eigenvalue weighted by Gasteiger charge is 2.35. The summed E-state index contributed by atoms with van der Waals surface area (Å²) in [5.74, 6) is 2.31. The third-order valence-corrected chi connectivity index (χ3v) is 5.26. The van der Waals surface area contributed by atoms with E-state index in [0.29, 0.717) is 5.54 Å². The maximum Gasteiger partial charge on any atom is 0.0304 e. The van der Waals surface area contributed by atoms with Crippen molar-refractivity contribution in [3.05, 3.63) is 12.7 Å². The third-order valence-electron chi connectivity index (χ3n) is 4.32. The summed E-state index contributed by atoms with van der Waals surface area (Å²) >= 11 is 1.99. The molecule has 1 atom stereocenters. The fraction of sp³-hybridized carbons (Fsp3) is 0.867. The lowest BCUT2D eigenvalue weighted by atomic mass is 9.88. The molecule has 0 amide bonds. The maximum absolute atomic E-state index is 3.80. The van der Waals surface area contributed by atoms with Crippen LogP contribution in [0.4, 0.5) is 0 Å². The van der Waals surface area contributed by atoms with Crippen LogP contribution in [0.2, 0.25) is 0 Å². The summed E-state index contributed by atoms with van der Waals surface area (Å²) in [4.78, 5) is 2.71. The summed E-state index contributed by atoms with van der Waals surface area (Å²) in [6.07, 6.45) is 5.72. The van der Waals surface area contributed by atoms with Gasteiger partial charge in [-0.2, -0.15) is 11.8 Å². The zero-order valence-electron chi connectivity index (χ0n) is 12.4. The Balaban J connectivity index is 2.50. The highest BCUT2D eigenvalue weighted by atomic mass is 32.2. The molecule has 1 heterocycles. The van der Waals surface area contributed by atoms with Gasteiger partial charge in [-0.25, -0.2) is 0 Å². The number of rotatable bonds is 8. The Bertz CT molecular complexity index is 239. The molecule has 1 rings (SSSR count). The van der Waals surface area contributed by atoms with Crippen molar-refractivity contribution in [1.29, 1.82) is 0 Å². The lowest BCUT2D eigenvalue weighted by Gasteiger charge is -2.47. The first-order valence-corrected chi connectivity index (χ1v) is 8.54. The molecule has 3 heteroatoms. The smallest absolute Gasteiger partial charge is 0.0304 e. The van der Waals surface area contributed by atoms with Gasteiger partial charge in [0.05, 0.1) is 0 Å². The molecule has 1 saturated heterocycles. The van der Waals surface area contributed by atoms with E-state index in [1.165, 1.54) is 38.1 Å². The van der Waals surface area contributed by atoms with Crippen LogP contribution in [0.15, 0.2) is 12.7 Å². The predicted octanol–water partition coefficient (Wildman–Crippen LogP) is 3.15. The molecule has 0 spiro atoms. The van der Waals surface area contributed by atoms with Gasteiger partial charge in [0.1, 0.15) is 0 Å². The number of piperazine rings is 1. The van der Waals surface area contributed by atoms with Gasteiger partial charge in [0.2, 0.25) is 0 Å². The first kappa shape index (κ1) is 16.1. The molecule has 1 unspecified atom stereocenters. The summed E-state index contributed by atoms with van der Waals surface area (Å²) < 4.78 is 0. The number of nitrogens with zero attached hydrogens (tertiary/aromatic N) is 1. The monoisotopic (exact) mass is 270 g/mol. The van der Waals surface area contributed by atoms with Crippen molar-refractivity contribution in [3.8, 4) is 0 Å². The van der Waals surface area contributed by atoms with Crippen LogP contribution in [-0.2, 0) is 0 Å². The van der Waals surface area contributed by atoms with E-state index in [0.717, 1.165) is 18.3 Å². The van der Waals surface area contributed by atoms with Crippen LogP contribution < -0.4 is 5.32 Å². The number of thioether (sulfide) groups is 1. The zero-order valence-corrected chi connectivity index (χ0v) is 13.2. The molecular weight excluding hydrogens is 240 g/mol. The second-order valence-corrected chi connectivity index (χ2v) is 6.41. The van der Waals surface area contributed by atoms with Gasteiger partial charge in [0.15, 0.2) is 0 Å². The molecule has 0 aromatic rings. The van der Waals surface area contributed by atoms with E-state index >= 15 is 0 Å². The zero-order chi connectivity index (χ0) is 13.4. The Kier molecular flexibility index (Phi) is 7.35. The van der Waals surface area contributed by atoms with Crippen molar-refractivity contribution in [2.24, 2.45) is 0 Å². The average Bonchev–Trinajstić information content (AvgIpc) is 2.43. The highest BCUT2D eigenvalue weighted by Crippen LogP contribution is 2.24. The van der Waals surface area contributed by atoms with Crippen molar-refractivity contribution < 1.29 is 0 Å². The van der Waals surface area contributed by atoms with Crippen LogP contribution in [0, 0.1) is 0 Å². The van der Waals surface area contributed by atoms with Crippen LogP contribution in [0.1, 0.15) is 40.0 Å². The van der Waals surface area contributed by atoms with Crippen molar-refractivity contribution in [3.63, 3.8) is 0 Å². The van der Waals surface area contributed by atoms with E-state index < -0.39 is 0 Å². The molecule has 0 aromatic heterocycles.